The van der Waals surface area contributed by atoms with Gasteiger partial charge in [0.05, 0.1) is 69.0 Å². The molecule has 0 aromatic heterocycles. The Morgan fingerprint density at radius 1 is 0.136 bits per heavy atom. The van der Waals surface area contributed by atoms with Gasteiger partial charge in [-0.2, -0.15) is 0 Å². The van der Waals surface area contributed by atoms with Crippen LogP contribution < -0.4 is 0 Å². The average Bonchev–Trinajstić information content (AvgIpc) is 3.21. The van der Waals surface area contributed by atoms with Gasteiger partial charge in [-0.05, 0) is 225 Å². The number of hydrogen-bond donors (Lipinski definition) is 0. The summed E-state index contributed by atoms with van der Waals surface area (Å²) in [4.78, 5) is 0. The second-order valence-electron chi connectivity index (χ2n) is 23.8. The van der Waals surface area contributed by atoms with Crippen LogP contribution in [0.2, 0.25) is 0 Å². The van der Waals surface area contributed by atoms with E-state index in [4.69, 9.17) is 0 Å². The summed E-state index contributed by atoms with van der Waals surface area (Å²) in [5.74, 6) is 1.86. The molecular weight excluding hydrogens is 961 g/mol. The monoisotopic (exact) mass is 1040 g/mol. The third kappa shape index (κ3) is 17.5. The zero-order valence-electron chi connectivity index (χ0n) is 39.7. The molecule has 0 radical (unpaired) electrons. The first kappa shape index (κ1) is 53.5. The van der Waals surface area contributed by atoms with Crippen LogP contribution in [0.4, 0.5) is 0 Å². The molecule has 6 aliphatic carbocycles. The zero-order chi connectivity index (χ0) is 47.4. The quantitative estimate of drug-likeness (QED) is 0.234. The van der Waals surface area contributed by atoms with Crippen LogP contribution in [0.3, 0.4) is 0 Å². The fraction of sp³-hybridized carbons (Fsp3) is 1.00. The first-order chi connectivity index (χ1) is 30.9. The van der Waals surface area contributed by atoms with Gasteiger partial charge in [0.2, 0.25) is 0 Å². The van der Waals surface area contributed by atoms with Crippen LogP contribution in [0.25, 0.3) is 0 Å². The SMILES string of the molecule is O=S1(=O)C[C@H]2CC[C@H](CC2)CS(=O)(=O)C[C@H]2CC[C@H](CC2)CS(=O)(=O)C[C@H]2CC[C@H](CC2)CS(=O)(=O)C[C@H]2CC[C@H](CC2)CS(=O)(=O)C[C@H]2CC[C@H](CC2)CS(=O)(=O)C[C@H]2CC[C@H](CC2)C1. The van der Waals surface area contributed by atoms with Gasteiger partial charge in [-0.3, -0.25) is 0 Å². The Morgan fingerprint density at radius 3 is 0.258 bits per heavy atom. The lowest BCUT2D eigenvalue weighted by atomic mass is 9.83. The molecule has 10 heterocycles. The number of sulfone groups is 6. The van der Waals surface area contributed by atoms with Crippen molar-refractivity contribution in [3.63, 3.8) is 0 Å². The van der Waals surface area contributed by atoms with Crippen molar-refractivity contribution in [1.29, 1.82) is 0 Å². The van der Waals surface area contributed by atoms with Gasteiger partial charge in [0.15, 0.2) is 59.0 Å². The van der Waals surface area contributed by atoms with E-state index < -0.39 is 59.0 Å². The van der Waals surface area contributed by atoms with Crippen molar-refractivity contribution >= 4 is 59.0 Å². The molecule has 66 heavy (non-hydrogen) atoms. The lowest BCUT2D eigenvalue weighted by molar-refractivity contribution is 0.295. The van der Waals surface area contributed by atoms with Crippen LogP contribution >= 0.6 is 0 Å². The van der Waals surface area contributed by atoms with Crippen LogP contribution in [-0.4, -0.2) is 120 Å². The van der Waals surface area contributed by atoms with E-state index in [9.17, 15) is 50.5 Å². The van der Waals surface area contributed by atoms with Gasteiger partial charge in [0, 0.05) is 0 Å². The maximum Gasteiger partial charge on any atom is 0.150 e. The van der Waals surface area contributed by atoms with Crippen LogP contribution in [0, 0.1) is 71.0 Å². The van der Waals surface area contributed by atoms with Gasteiger partial charge in [0.25, 0.3) is 0 Å². The second kappa shape index (κ2) is 22.6. The molecule has 0 atom stereocenters. The summed E-state index contributed by atoms with van der Waals surface area (Å²) >= 11 is 0. The Balaban J connectivity index is 0.922. The van der Waals surface area contributed by atoms with Crippen LogP contribution in [0.5, 0.6) is 0 Å². The van der Waals surface area contributed by atoms with Gasteiger partial charge in [-0.1, -0.05) is 0 Å². The summed E-state index contributed by atoms with van der Waals surface area (Å²) in [7, 11) is -19.9. The van der Waals surface area contributed by atoms with Gasteiger partial charge >= 0.3 is 0 Å². The molecular formula is C48H84O12S6. The molecule has 0 aromatic rings. The largest absolute Gasteiger partial charge is 0.229 e. The Morgan fingerprint density at radius 2 is 0.197 bits per heavy atom. The van der Waals surface area contributed by atoms with Gasteiger partial charge < -0.3 is 0 Å². The molecule has 12 bridgehead atoms. The van der Waals surface area contributed by atoms with Gasteiger partial charge in [0.1, 0.15) is 0 Å². The summed E-state index contributed by atoms with van der Waals surface area (Å²) in [5.41, 5.74) is 0. The van der Waals surface area contributed by atoms with Crippen LogP contribution in [0.1, 0.15) is 154 Å². The normalized spacial score (nSPS) is 41.8. The van der Waals surface area contributed by atoms with Crippen molar-refractivity contribution in [3.8, 4) is 0 Å². The van der Waals surface area contributed by atoms with Crippen molar-refractivity contribution in [2.45, 2.75) is 154 Å². The fourth-order valence-electron chi connectivity index (χ4n) is 14.1. The Kier molecular flexibility index (Phi) is 18.3. The first-order valence-electron chi connectivity index (χ1n) is 26.2. The molecule has 6 saturated carbocycles. The molecule has 384 valence electrons. The van der Waals surface area contributed by atoms with E-state index in [1.807, 2.05) is 0 Å². The molecule has 18 heteroatoms. The predicted octanol–water partition coefficient (Wildman–Crippen LogP) is 7.33. The average molecular weight is 1050 g/mol. The van der Waals surface area contributed by atoms with Crippen LogP contribution in [0.15, 0.2) is 0 Å². The molecule has 16 fully saturated rings. The topological polar surface area (TPSA) is 205 Å². The van der Waals surface area contributed by atoms with E-state index in [2.05, 4.69) is 0 Å². The Bertz CT molecular complexity index is 1710. The predicted molar refractivity (Wildman–Crippen MR) is 265 cm³/mol. The highest BCUT2D eigenvalue weighted by Gasteiger charge is 2.37. The standard InChI is InChI=1S/C48H84O12S6/c49-61(50)25-37-1-2-38(4-3-37)26-62(51,52)28-40-9-11-42(12-10-40)30-64(55,56)32-44-17-19-46(20-18-44)34-66(59,60)36-48-23-21-47(22-24-48)35-65(57,58)33-45-15-13-43(14-16-45)31-63(53,54)29-41-7-5-39(27-61)6-8-41/h37-48H,1-36H2/t37-,38+,39-,40-,41+,42+,43-,44-,45+,46+,47-,48+. The highest BCUT2D eigenvalue weighted by molar-refractivity contribution is 7.92. The van der Waals surface area contributed by atoms with E-state index in [0.717, 1.165) is 0 Å². The highest BCUT2D eigenvalue weighted by Crippen LogP contribution is 2.39. The fourth-order valence-corrected chi connectivity index (χ4v) is 27.5. The minimum absolute atomic E-state index is 0.0273. The van der Waals surface area contributed by atoms with E-state index in [1.165, 1.54) is 0 Å². The third-order valence-corrected chi connectivity index (χ3v) is 29.4. The van der Waals surface area contributed by atoms with Crippen molar-refractivity contribution in [2.24, 2.45) is 71.0 Å². The second-order valence-corrected chi connectivity index (χ2v) is 36.7. The van der Waals surface area contributed by atoms with Crippen molar-refractivity contribution in [2.75, 3.05) is 69.0 Å². The molecule has 12 nitrogen and oxygen atoms in total. The van der Waals surface area contributed by atoms with E-state index in [1.54, 1.807) is 0 Å². The summed E-state index contributed by atoms with van der Waals surface area (Å²) in [6.45, 7) is 0. The summed E-state index contributed by atoms with van der Waals surface area (Å²) in [6, 6.07) is 0. The third-order valence-electron chi connectivity index (χ3n) is 17.7. The smallest absolute Gasteiger partial charge is 0.150 e. The maximum absolute atomic E-state index is 13.4. The molecule has 0 unspecified atom stereocenters. The van der Waals surface area contributed by atoms with Crippen LogP contribution in [-0.2, 0) is 59.0 Å². The minimum atomic E-state index is -3.31. The van der Waals surface area contributed by atoms with Gasteiger partial charge in [-0.15, -0.1) is 0 Å². The zero-order valence-corrected chi connectivity index (χ0v) is 44.6. The number of rotatable bonds is 0. The molecule has 0 aromatic carbocycles. The van der Waals surface area contributed by atoms with E-state index in [-0.39, 0.29) is 140 Å². The van der Waals surface area contributed by atoms with Crippen molar-refractivity contribution in [3.05, 3.63) is 0 Å². The first-order valence-corrected chi connectivity index (χ1v) is 37.1. The highest BCUT2D eigenvalue weighted by atomic mass is 32.2. The minimum Gasteiger partial charge on any atom is -0.229 e. The Hall–Kier alpha value is -0.300. The molecule has 16 aliphatic rings. The molecule has 10 aliphatic heterocycles. The number of hydrogen-bond acceptors (Lipinski definition) is 12. The lowest BCUT2D eigenvalue weighted by Gasteiger charge is -2.32. The lowest BCUT2D eigenvalue weighted by Crippen LogP contribution is -2.33. The van der Waals surface area contributed by atoms with Crippen molar-refractivity contribution < 1.29 is 50.5 Å². The molecule has 0 amide bonds. The van der Waals surface area contributed by atoms with E-state index >= 15 is 0 Å². The maximum atomic E-state index is 13.4. The molecule has 16 rings (SSSR count). The molecule has 0 N–H and O–H groups in total. The van der Waals surface area contributed by atoms with E-state index in [0.29, 0.717) is 154 Å². The molecule has 10 saturated heterocycles. The summed E-state index contributed by atoms with van der Waals surface area (Å²) in [5, 5.41) is 0. The summed E-state index contributed by atoms with van der Waals surface area (Å²) < 4.78 is 161. The summed E-state index contributed by atoms with van der Waals surface area (Å²) in [6.07, 6.45) is 16.9. The van der Waals surface area contributed by atoms with Gasteiger partial charge in [-0.25, -0.2) is 50.5 Å². The molecule has 0 spiro atoms. The van der Waals surface area contributed by atoms with Crippen molar-refractivity contribution in [1.82, 2.24) is 0 Å². The Labute approximate surface area is 401 Å².